The van der Waals surface area contributed by atoms with Gasteiger partial charge in [-0.15, -0.1) is 0 Å². The molecule has 2 rings (SSSR count). The maximum Gasteiger partial charge on any atom is 0.459 e. The Morgan fingerprint density at radius 3 is 2.48 bits per heavy atom. The predicted octanol–water partition coefficient (Wildman–Crippen LogP) is 3.35. The number of benzene rings is 1. The molecule has 3 unspecified atom stereocenters. The second kappa shape index (κ2) is 10.5. The molecule has 1 saturated carbocycles. The number of para-hydroxylation sites is 1. The lowest BCUT2D eigenvalue weighted by molar-refractivity contribution is -0.202. The number of esters is 1. The first-order chi connectivity index (χ1) is 13.7. The smallest absolute Gasteiger partial charge is 0.459 e. The van der Waals surface area contributed by atoms with Gasteiger partial charge in [0.25, 0.3) is 5.85 Å². The molecule has 1 aliphatic rings. The lowest BCUT2D eigenvalue weighted by atomic mass is 10.2. The van der Waals surface area contributed by atoms with Crippen LogP contribution in [0.3, 0.4) is 0 Å². The van der Waals surface area contributed by atoms with E-state index < -0.39 is 38.3 Å². The fraction of sp³-hybridized carbons (Fsp3) is 0.632. The van der Waals surface area contributed by atoms with E-state index in [-0.39, 0.29) is 11.9 Å². The van der Waals surface area contributed by atoms with Gasteiger partial charge in [0.05, 0.1) is 0 Å². The van der Waals surface area contributed by atoms with Crippen LogP contribution >= 0.6 is 7.75 Å². The van der Waals surface area contributed by atoms with Crippen molar-refractivity contribution in [1.82, 2.24) is 5.09 Å². The second-order valence-electron chi connectivity index (χ2n) is 7.04. The highest BCUT2D eigenvalue weighted by Crippen LogP contribution is 2.46. The second-order valence-corrected chi connectivity index (χ2v) is 8.73. The zero-order chi connectivity index (χ0) is 21.5. The number of nitrogens with one attached hydrogen (secondary N) is 1. The standard InChI is InChI=1S/C19H29FNO7P/c1-14(18(23)27-16-9-7-8-10-16)21-29(24,28-17-11-5-4-6-12-17)26-13-19(20,25-3)15(2)22/h4-6,11-12,14-16,22H,7-10,13H2,1-3H3,(H,21,24)/t14?,15-,19?,29?/m0/s1. The summed E-state index contributed by atoms with van der Waals surface area (Å²) in [6.07, 6.45) is 1.85. The van der Waals surface area contributed by atoms with E-state index in [1.807, 2.05) is 0 Å². The Morgan fingerprint density at radius 1 is 1.31 bits per heavy atom. The molecule has 2 N–H and O–H groups in total. The molecule has 164 valence electrons. The number of halogens is 1. The highest BCUT2D eigenvalue weighted by molar-refractivity contribution is 7.52. The Labute approximate surface area is 170 Å². The fourth-order valence-corrected chi connectivity index (χ4v) is 4.30. The molecule has 0 heterocycles. The van der Waals surface area contributed by atoms with Gasteiger partial charge in [-0.05, 0) is 51.7 Å². The highest BCUT2D eigenvalue weighted by Gasteiger charge is 2.41. The monoisotopic (exact) mass is 433 g/mol. The summed E-state index contributed by atoms with van der Waals surface area (Å²) in [6, 6.07) is 7.08. The van der Waals surface area contributed by atoms with Gasteiger partial charge in [0, 0.05) is 7.11 Å². The molecule has 0 bridgehead atoms. The van der Waals surface area contributed by atoms with Crippen LogP contribution in [-0.4, -0.2) is 48.9 Å². The van der Waals surface area contributed by atoms with Crippen LogP contribution in [-0.2, 0) is 23.4 Å². The molecule has 4 atom stereocenters. The van der Waals surface area contributed by atoms with Crippen molar-refractivity contribution in [3.05, 3.63) is 30.3 Å². The van der Waals surface area contributed by atoms with Gasteiger partial charge in [-0.25, -0.2) is 8.96 Å². The van der Waals surface area contributed by atoms with Crippen LogP contribution in [0.2, 0.25) is 0 Å². The number of aliphatic hydroxyl groups is 1. The normalized spacial score (nSPS) is 21.0. The van der Waals surface area contributed by atoms with E-state index in [0.717, 1.165) is 32.8 Å². The number of ether oxygens (including phenoxy) is 2. The van der Waals surface area contributed by atoms with E-state index in [1.165, 1.54) is 26.0 Å². The van der Waals surface area contributed by atoms with E-state index in [9.17, 15) is 18.9 Å². The number of aliphatic hydroxyl groups excluding tert-OH is 1. The Kier molecular flexibility index (Phi) is 8.60. The van der Waals surface area contributed by atoms with E-state index in [1.54, 1.807) is 18.2 Å². The van der Waals surface area contributed by atoms with Gasteiger partial charge < -0.3 is 19.1 Å². The molecule has 0 spiro atoms. The third-order valence-corrected chi connectivity index (χ3v) is 6.28. The van der Waals surface area contributed by atoms with Crippen LogP contribution in [0.1, 0.15) is 39.5 Å². The molecular weight excluding hydrogens is 404 g/mol. The van der Waals surface area contributed by atoms with Crippen molar-refractivity contribution >= 4 is 13.7 Å². The summed E-state index contributed by atoms with van der Waals surface area (Å²) in [5, 5.41) is 12.1. The summed E-state index contributed by atoms with van der Waals surface area (Å²) in [5.74, 6) is -3.02. The minimum atomic E-state index is -4.23. The van der Waals surface area contributed by atoms with Crippen LogP contribution in [0.25, 0.3) is 0 Å². The number of methoxy groups -OCH3 is 1. The number of hydrogen-bond donors (Lipinski definition) is 2. The molecule has 8 nitrogen and oxygen atoms in total. The lowest BCUT2D eigenvalue weighted by Gasteiger charge is -2.29. The zero-order valence-corrected chi connectivity index (χ0v) is 17.8. The number of hydrogen-bond acceptors (Lipinski definition) is 7. The Balaban J connectivity index is 2.10. The zero-order valence-electron chi connectivity index (χ0n) is 16.9. The molecule has 29 heavy (non-hydrogen) atoms. The maximum absolute atomic E-state index is 14.6. The van der Waals surface area contributed by atoms with Crippen LogP contribution in [0.5, 0.6) is 5.75 Å². The van der Waals surface area contributed by atoms with Crippen molar-refractivity contribution in [2.75, 3.05) is 13.7 Å². The summed E-state index contributed by atoms with van der Waals surface area (Å²) in [5.41, 5.74) is 0. The predicted molar refractivity (Wildman–Crippen MR) is 104 cm³/mol. The first kappa shape index (κ1) is 23.8. The van der Waals surface area contributed by atoms with Gasteiger partial charge >= 0.3 is 13.7 Å². The van der Waals surface area contributed by atoms with E-state index in [2.05, 4.69) is 9.82 Å². The molecule has 0 saturated heterocycles. The Morgan fingerprint density at radius 2 is 1.93 bits per heavy atom. The molecule has 1 fully saturated rings. The Bertz CT molecular complexity index is 699. The lowest BCUT2D eigenvalue weighted by Crippen LogP contribution is -2.43. The van der Waals surface area contributed by atoms with Crippen molar-refractivity contribution in [3.63, 3.8) is 0 Å². The number of carbonyl (C=O) groups excluding carboxylic acids is 1. The molecule has 1 aliphatic carbocycles. The third kappa shape index (κ3) is 7.04. The quantitative estimate of drug-likeness (QED) is 0.405. The van der Waals surface area contributed by atoms with Gasteiger partial charge in [-0.2, -0.15) is 5.09 Å². The van der Waals surface area contributed by atoms with E-state index in [0.29, 0.717) is 0 Å². The van der Waals surface area contributed by atoms with Crippen LogP contribution in [0.4, 0.5) is 4.39 Å². The van der Waals surface area contributed by atoms with Gasteiger partial charge in [0.1, 0.15) is 30.6 Å². The van der Waals surface area contributed by atoms with Crippen LogP contribution in [0, 0.1) is 0 Å². The van der Waals surface area contributed by atoms with Crippen molar-refractivity contribution in [3.8, 4) is 5.75 Å². The minimum Gasteiger partial charge on any atom is -0.461 e. The average Bonchev–Trinajstić information content (AvgIpc) is 3.19. The molecule has 0 aromatic heterocycles. The molecule has 0 aliphatic heterocycles. The van der Waals surface area contributed by atoms with Crippen molar-refractivity contribution in [1.29, 1.82) is 0 Å². The minimum absolute atomic E-state index is 0.163. The van der Waals surface area contributed by atoms with Crippen molar-refractivity contribution in [2.24, 2.45) is 0 Å². The SMILES string of the molecule is COC(F)(COP(=O)(NC(C)C(=O)OC1CCCC1)Oc1ccccc1)[C@H](C)O. The highest BCUT2D eigenvalue weighted by atomic mass is 31.2. The summed E-state index contributed by atoms with van der Waals surface area (Å²) in [7, 11) is -3.18. The average molecular weight is 433 g/mol. The van der Waals surface area contributed by atoms with Crippen molar-refractivity contribution < 1.29 is 37.4 Å². The number of rotatable bonds is 11. The number of alkyl halides is 1. The van der Waals surface area contributed by atoms with Crippen LogP contribution < -0.4 is 9.61 Å². The van der Waals surface area contributed by atoms with Crippen LogP contribution in [0.15, 0.2) is 30.3 Å². The molecule has 1 aromatic carbocycles. The summed E-state index contributed by atoms with van der Waals surface area (Å²) < 4.78 is 48.5. The summed E-state index contributed by atoms with van der Waals surface area (Å²) in [6.45, 7) is 1.74. The van der Waals surface area contributed by atoms with Crippen molar-refractivity contribution in [2.45, 2.75) is 63.6 Å². The third-order valence-electron chi connectivity index (χ3n) is 4.65. The summed E-state index contributed by atoms with van der Waals surface area (Å²) in [4.78, 5) is 12.3. The molecule has 1 aromatic rings. The molecule has 0 amide bonds. The van der Waals surface area contributed by atoms with E-state index >= 15 is 0 Å². The van der Waals surface area contributed by atoms with E-state index in [4.69, 9.17) is 13.8 Å². The maximum atomic E-state index is 14.6. The van der Waals surface area contributed by atoms with Gasteiger partial charge in [-0.1, -0.05) is 18.2 Å². The first-order valence-electron chi connectivity index (χ1n) is 9.57. The first-order valence-corrected chi connectivity index (χ1v) is 11.1. The van der Waals surface area contributed by atoms with Gasteiger partial charge in [0.15, 0.2) is 0 Å². The molecule has 0 radical (unpaired) electrons. The number of carbonyl (C=O) groups is 1. The van der Waals surface area contributed by atoms with Gasteiger partial charge in [-0.3, -0.25) is 9.32 Å². The fourth-order valence-electron chi connectivity index (χ4n) is 2.80. The van der Waals surface area contributed by atoms with Gasteiger partial charge in [0.2, 0.25) is 0 Å². The summed E-state index contributed by atoms with van der Waals surface area (Å²) >= 11 is 0. The Hall–Kier alpha value is -1.51. The molecular formula is C19H29FNO7P. The molecule has 10 heteroatoms. The topological polar surface area (TPSA) is 103 Å². The largest absolute Gasteiger partial charge is 0.461 e.